The van der Waals surface area contributed by atoms with Crippen molar-refractivity contribution in [2.24, 2.45) is 0 Å². The van der Waals surface area contributed by atoms with Gasteiger partial charge in [0.2, 0.25) is 0 Å². The lowest BCUT2D eigenvalue weighted by Crippen LogP contribution is -2.31. The molecule has 164 valence electrons. The van der Waals surface area contributed by atoms with Crippen LogP contribution in [-0.2, 0) is 0 Å². The average Bonchev–Trinajstić information content (AvgIpc) is 3.28. The van der Waals surface area contributed by atoms with Gasteiger partial charge in [-0.3, -0.25) is 19.9 Å². The number of hydrogen-bond acceptors (Lipinski definition) is 6. The van der Waals surface area contributed by atoms with Crippen LogP contribution in [0.2, 0.25) is 0 Å². The first kappa shape index (κ1) is 21.3. The summed E-state index contributed by atoms with van der Waals surface area (Å²) in [6.45, 7) is 3.04. The van der Waals surface area contributed by atoms with Gasteiger partial charge in [-0.05, 0) is 49.7 Å². The summed E-state index contributed by atoms with van der Waals surface area (Å²) in [7, 11) is 0. The molecule has 0 spiro atoms. The first-order chi connectivity index (χ1) is 15.5. The molecular formula is C24H25N5O3. The third-order valence-electron chi connectivity index (χ3n) is 5.56. The SMILES string of the molecule is CC(Nc1ccc(C(=O)N2CCC(Nc3ccccc3)C2)cc1[N+](=O)[O-])c1ccccn1. The molecule has 1 aliphatic heterocycles. The third-order valence-corrected chi connectivity index (χ3v) is 5.56. The van der Waals surface area contributed by atoms with Gasteiger partial charge in [-0.15, -0.1) is 0 Å². The number of carbonyl (C=O) groups is 1. The van der Waals surface area contributed by atoms with Crippen molar-refractivity contribution >= 4 is 23.0 Å². The summed E-state index contributed by atoms with van der Waals surface area (Å²) in [5.41, 5.74) is 2.33. The average molecular weight is 431 g/mol. The molecule has 2 heterocycles. The second-order valence-electron chi connectivity index (χ2n) is 7.86. The van der Waals surface area contributed by atoms with Crippen LogP contribution >= 0.6 is 0 Å². The van der Waals surface area contributed by atoms with Crippen molar-refractivity contribution in [3.05, 3.63) is 94.3 Å². The number of nitrogens with zero attached hydrogens (tertiary/aromatic N) is 3. The number of amides is 1. The van der Waals surface area contributed by atoms with Gasteiger partial charge >= 0.3 is 0 Å². The van der Waals surface area contributed by atoms with Crippen LogP contribution in [0.25, 0.3) is 0 Å². The lowest BCUT2D eigenvalue weighted by atomic mass is 10.1. The van der Waals surface area contributed by atoms with Crippen LogP contribution in [0.3, 0.4) is 0 Å². The van der Waals surface area contributed by atoms with Gasteiger partial charge < -0.3 is 15.5 Å². The second kappa shape index (κ2) is 9.47. The number of carbonyl (C=O) groups excluding carboxylic acids is 1. The predicted octanol–water partition coefficient (Wildman–Crippen LogP) is 4.49. The van der Waals surface area contributed by atoms with E-state index < -0.39 is 4.92 Å². The van der Waals surface area contributed by atoms with Crippen LogP contribution < -0.4 is 10.6 Å². The van der Waals surface area contributed by atoms with Gasteiger partial charge in [0.05, 0.1) is 16.7 Å². The summed E-state index contributed by atoms with van der Waals surface area (Å²) in [6.07, 6.45) is 2.50. The number of nitro benzene ring substituents is 1. The lowest BCUT2D eigenvalue weighted by Gasteiger charge is -2.19. The number of anilines is 2. The minimum Gasteiger partial charge on any atom is -0.380 e. The van der Waals surface area contributed by atoms with Gasteiger partial charge in [-0.1, -0.05) is 24.3 Å². The Morgan fingerprint density at radius 1 is 1.16 bits per heavy atom. The standard InChI is InChI=1S/C24H25N5O3/c1-17(21-9-5-6-13-25-21)26-22-11-10-18(15-23(22)29(31)32)24(30)28-14-12-20(16-28)27-19-7-3-2-4-8-19/h2-11,13,15,17,20,26-27H,12,14,16H2,1H3. The van der Waals surface area contributed by atoms with E-state index in [1.807, 2.05) is 55.5 Å². The number of aromatic nitrogens is 1. The van der Waals surface area contributed by atoms with E-state index in [0.717, 1.165) is 17.8 Å². The van der Waals surface area contributed by atoms with Crippen LogP contribution in [-0.4, -0.2) is 39.8 Å². The van der Waals surface area contributed by atoms with E-state index in [2.05, 4.69) is 15.6 Å². The summed E-state index contributed by atoms with van der Waals surface area (Å²) >= 11 is 0. The van der Waals surface area contributed by atoms with E-state index in [0.29, 0.717) is 24.3 Å². The third kappa shape index (κ3) is 4.85. The predicted molar refractivity (Wildman–Crippen MR) is 124 cm³/mol. The van der Waals surface area contributed by atoms with Crippen molar-refractivity contribution in [1.82, 2.24) is 9.88 Å². The number of hydrogen-bond donors (Lipinski definition) is 2. The first-order valence-corrected chi connectivity index (χ1v) is 10.6. The highest BCUT2D eigenvalue weighted by molar-refractivity contribution is 5.96. The Kier molecular flexibility index (Phi) is 6.30. The molecule has 1 amide bonds. The van der Waals surface area contributed by atoms with Crippen LogP contribution in [0.4, 0.5) is 17.1 Å². The molecule has 2 atom stereocenters. The largest absolute Gasteiger partial charge is 0.380 e. The Labute approximate surface area is 186 Å². The minimum atomic E-state index is -0.464. The molecule has 32 heavy (non-hydrogen) atoms. The molecule has 2 aromatic carbocycles. The van der Waals surface area contributed by atoms with Crippen LogP contribution in [0.15, 0.2) is 72.9 Å². The van der Waals surface area contributed by atoms with Crippen molar-refractivity contribution in [3.63, 3.8) is 0 Å². The summed E-state index contributed by atoms with van der Waals surface area (Å²) < 4.78 is 0. The van der Waals surface area contributed by atoms with Crippen molar-refractivity contribution in [3.8, 4) is 0 Å². The number of rotatable bonds is 7. The number of para-hydroxylation sites is 1. The number of nitrogens with one attached hydrogen (secondary N) is 2. The van der Waals surface area contributed by atoms with E-state index in [1.165, 1.54) is 6.07 Å². The summed E-state index contributed by atoms with van der Waals surface area (Å²) in [5.74, 6) is -0.199. The number of likely N-dealkylation sites (tertiary alicyclic amines) is 1. The van der Waals surface area contributed by atoms with E-state index >= 15 is 0 Å². The van der Waals surface area contributed by atoms with Gasteiger partial charge in [-0.2, -0.15) is 0 Å². The van der Waals surface area contributed by atoms with E-state index in [-0.39, 0.29) is 23.7 Å². The zero-order chi connectivity index (χ0) is 22.5. The van der Waals surface area contributed by atoms with E-state index in [9.17, 15) is 14.9 Å². The molecule has 1 fully saturated rings. The summed E-state index contributed by atoms with van der Waals surface area (Å²) in [6, 6.07) is 19.9. The van der Waals surface area contributed by atoms with Crippen LogP contribution in [0.1, 0.15) is 35.4 Å². The zero-order valence-electron chi connectivity index (χ0n) is 17.8. The molecule has 1 aliphatic rings. The lowest BCUT2D eigenvalue weighted by molar-refractivity contribution is -0.384. The maximum atomic E-state index is 13.0. The highest BCUT2D eigenvalue weighted by atomic mass is 16.6. The zero-order valence-corrected chi connectivity index (χ0v) is 17.8. The number of benzene rings is 2. The molecule has 3 aromatic rings. The Morgan fingerprint density at radius 3 is 2.66 bits per heavy atom. The minimum absolute atomic E-state index is 0.128. The molecule has 8 heteroatoms. The highest BCUT2D eigenvalue weighted by Gasteiger charge is 2.28. The van der Waals surface area contributed by atoms with Gasteiger partial charge in [0.25, 0.3) is 11.6 Å². The van der Waals surface area contributed by atoms with Crippen molar-refractivity contribution in [2.45, 2.75) is 25.4 Å². The van der Waals surface area contributed by atoms with Crippen LogP contribution in [0.5, 0.6) is 0 Å². The molecule has 2 N–H and O–H groups in total. The van der Waals surface area contributed by atoms with Crippen molar-refractivity contribution in [1.29, 1.82) is 0 Å². The van der Waals surface area contributed by atoms with E-state index in [1.54, 1.807) is 23.2 Å². The number of nitro groups is 1. The van der Waals surface area contributed by atoms with Crippen molar-refractivity contribution in [2.75, 3.05) is 23.7 Å². The fraction of sp³-hybridized carbons (Fsp3) is 0.250. The molecule has 0 saturated carbocycles. The molecule has 2 unspecified atom stereocenters. The Balaban J connectivity index is 1.46. The quantitative estimate of drug-likeness (QED) is 0.422. The van der Waals surface area contributed by atoms with Gasteiger partial charge in [0, 0.05) is 42.6 Å². The molecule has 0 bridgehead atoms. The fourth-order valence-electron chi connectivity index (χ4n) is 3.89. The van der Waals surface area contributed by atoms with E-state index in [4.69, 9.17) is 0 Å². The molecule has 0 aliphatic carbocycles. The Morgan fingerprint density at radius 2 is 1.94 bits per heavy atom. The fourth-order valence-corrected chi connectivity index (χ4v) is 3.89. The molecule has 1 saturated heterocycles. The molecule has 0 radical (unpaired) electrons. The van der Waals surface area contributed by atoms with Crippen molar-refractivity contribution < 1.29 is 9.72 Å². The topological polar surface area (TPSA) is 100 Å². The summed E-state index contributed by atoms with van der Waals surface area (Å²) in [5, 5.41) is 18.3. The Hall–Kier alpha value is -3.94. The number of pyridine rings is 1. The molecule has 4 rings (SSSR count). The molecule has 1 aromatic heterocycles. The molecular weight excluding hydrogens is 406 g/mol. The first-order valence-electron chi connectivity index (χ1n) is 10.6. The highest BCUT2D eigenvalue weighted by Crippen LogP contribution is 2.30. The van der Waals surface area contributed by atoms with Gasteiger partial charge in [0.15, 0.2) is 0 Å². The monoisotopic (exact) mass is 431 g/mol. The second-order valence-corrected chi connectivity index (χ2v) is 7.86. The van der Waals surface area contributed by atoms with Crippen LogP contribution in [0, 0.1) is 10.1 Å². The maximum absolute atomic E-state index is 13.0. The molecule has 8 nitrogen and oxygen atoms in total. The summed E-state index contributed by atoms with van der Waals surface area (Å²) in [4.78, 5) is 30.3. The van der Waals surface area contributed by atoms with Gasteiger partial charge in [-0.25, -0.2) is 0 Å². The van der Waals surface area contributed by atoms with Gasteiger partial charge in [0.1, 0.15) is 5.69 Å². The Bertz CT molecular complexity index is 1090. The smallest absolute Gasteiger partial charge is 0.293 e. The normalized spacial score (nSPS) is 16.4. The maximum Gasteiger partial charge on any atom is 0.293 e.